The molecule has 1 rings (SSSR count). The molecule has 12 heavy (non-hydrogen) atoms. The maximum absolute atomic E-state index is 11.0. The molecule has 0 aliphatic rings. The number of rotatable bonds is 2. The van der Waals surface area contributed by atoms with E-state index in [2.05, 4.69) is 0 Å². The van der Waals surface area contributed by atoms with Crippen LogP contribution < -0.4 is 0 Å². The molecule has 0 bridgehead atoms. The Bertz CT molecular complexity index is 393. The Morgan fingerprint density at radius 3 is 2.50 bits per heavy atom. The Morgan fingerprint density at radius 2 is 2.00 bits per heavy atom. The van der Waals surface area contributed by atoms with Gasteiger partial charge in [-0.25, -0.2) is 8.42 Å². The topological polar surface area (TPSA) is 51.2 Å². The molecule has 0 aliphatic carbocycles. The summed E-state index contributed by atoms with van der Waals surface area (Å²) in [5, 5.41) is 0. The highest BCUT2D eigenvalue weighted by atomic mass is 32.2. The van der Waals surface area contributed by atoms with Crippen LogP contribution in [0.25, 0.3) is 0 Å². The predicted molar refractivity (Wildman–Crippen MR) is 44.3 cm³/mol. The molecule has 1 aromatic carbocycles. The van der Waals surface area contributed by atoms with E-state index in [0.29, 0.717) is 0 Å². The Hall–Kier alpha value is -1.16. The van der Waals surface area contributed by atoms with E-state index in [1.165, 1.54) is 24.3 Å². The van der Waals surface area contributed by atoms with Gasteiger partial charge in [0.05, 0.1) is 4.90 Å². The Labute approximate surface area is 70.9 Å². The van der Waals surface area contributed by atoms with Crippen LogP contribution in [0.2, 0.25) is 0 Å². The third-order valence-corrected chi connectivity index (χ3v) is 2.49. The van der Waals surface area contributed by atoms with Crippen LogP contribution in [0.4, 0.5) is 0 Å². The second-order valence-corrected chi connectivity index (χ2v) is 4.42. The molecule has 0 aliphatic heterocycles. The van der Waals surface area contributed by atoms with Crippen molar-refractivity contribution in [3.63, 3.8) is 0 Å². The summed E-state index contributed by atoms with van der Waals surface area (Å²) < 4.78 is 21.9. The lowest BCUT2D eigenvalue weighted by Crippen LogP contribution is -1.97. The largest absolute Gasteiger partial charge is 0.285 e. The molecule has 0 saturated heterocycles. The summed E-state index contributed by atoms with van der Waals surface area (Å²) in [6.45, 7) is 0. The summed E-state index contributed by atoms with van der Waals surface area (Å²) in [4.78, 5) is 10.3. The van der Waals surface area contributed by atoms with Gasteiger partial charge >= 0.3 is 0 Å². The molecule has 0 aromatic heterocycles. The first kappa shape index (κ1) is 8.93. The van der Waals surface area contributed by atoms with Crippen molar-refractivity contribution in [2.45, 2.75) is 4.90 Å². The van der Waals surface area contributed by atoms with Gasteiger partial charge in [0.15, 0.2) is 9.84 Å². The van der Waals surface area contributed by atoms with Gasteiger partial charge in [-0.05, 0) is 12.1 Å². The zero-order valence-corrected chi connectivity index (χ0v) is 7.26. The highest BCUT2D eigenvalue weighted by molar-refractivity contribution is 7.90. The normalized spacial score (nSPS) is 11.1. The van der Waals surface area contributed by atoms with Crippen LogP contribution in [-0.4, -0.2) is 21.0 Å². The van der Waals surface area contributed by atoms with Crippen LogP contribution in [0.3, 0.4) is 0 Å². The van der Waals surface area contributed by atoms with Crippen molar-refractivity contribution in [2.24, 2.45) is 0 Å². The third-order valence-electron chi connectivity index (χ3n) is 1.38. The van der Waals surface area contributed by atoms with Crippen LogP contribution in [0.5, 0.6) is 0 Å². The fraction of sp³-hybridized carbons (Fsp3) is 0.125. The standard InChI is InChI=1S/C8H7O3S/c1-12(10,11)8-4-2-3-7(5-8)6-9/h2-5H,1H3. The molecule has 0 unspecified atom stereocenters. The minimum Gasteiger partial charge on any atom is -0.285 e. The summed E-state index contributed by atoms with van der Waals surface area (Å²) in [6.07, 6.45) is 2.72. The summed E-state index contributed by atoms with van der Waals surface area (Å²) in [5.41, 5.74) is 0.248. The highest BCUT2D eigenvalue weighted by Crippen LogP contribution is 2.09. The zero-order valence-electron chi connectivity index (χ0n) is 6.44. The maximum atomic E-state index is 11.0. The molecule has 3 nitrogen and oxygen atoms in total. The molecule has 4 heteroatoms. The van der Waals surface area contributed by atoms with Gasteiger partial charge < -0.3 is 0 Å². The van der Waals surface area contributed by atoms with E-state index >= 15 is 0 Å². The van der Waals surface area contributed by atoms with Crippen LogP contribution in [0.15, 0.2) is 29.2 Å². The first-order valence-corrected chi connectivity index (χ1v) is 5.11. The molecule has 0 N–H and O–H groups in total. The van der Waals surface area contributed by atoms with E-state index in [9.17, 15) is 13.2 Å². The van der Waals surface area contributed by atoms with Gasteiger partial charge in [-0.2, -0.15) is 0 Å². The van der Waals surface area contributed by atoms with Crippen LogP contribution in [-0.2, 0) is 14.6 Å². The zero-order chi connectivity index (χ0) is 9.19. The number of benzene rings is 1. The fourth-order valence-corrected chi connectivity index (χ4v) is 1.46. The summed E-state index contributed by atoms with van der Waals surface area (Å²) >= 11 is 0. The SMILES string of the molecule is CS(=O)(=O)c1cccc([C]=O)c1. The quantitative estimate of drug-likeness (QED) is 0.672. The molecule has 0 heterocycles. The minimum atomic E-state index is -3.21. The van der Waals surface area contributed by atoms with Gasteiger partial charge in [0, 0.05) is 11.8 Å². The Morgan fingerprint density at radius 1 is 1.33 bits per heavy atom. The first-order valence-electron chi connectivity index (χ1n) is 3.22. The molecular weight excluding hydrogens is 176 g/mol. The van der Waals surface area contributed by atoms with Crippen LogP contribution in [0, 0.1) is 0 Å². The van der Waals surface area contributed by atoms with E-state index < -0.39 is 9.84 Å². The minimum absolute atomic E-state index is 0.142. The molecule has 0 atom stereocenters. The van der Waals surface area contributed by atoms with E-state index in [0.717, 1.165) is 6.26 Å². The van der Waals surface area contributed by atoms with Crippen LogP contribution >= 0.6 is 0 Å². The Balaban J connectivity index is 3.29. The van der Waals surface area contributed by atoms with Crippen molar-refractivity contribution >= 4 is 16.1 Å². The smallest absolute Gasteiger partial charge is 0.233 e. The van der Waals surface area contributed by atoms with Crippen molar-refractivity contribution in [1.82, 2.24) is 0 Å². The molecule has 0 saturated carbocycles. The number of carbonyl (C=O) groups excluding carboxylic acids is 1. The molecular formula is C8H7O3S. The summed E-state index contributed by atoms with van der Waals surface area (Å²) in [5.74, 6) is 0. The molecule has 1 aromatic rings. The Kier molecular flexibility index (Phi) is 2.28. The van der Waals surface area contributed by atoms with Gasteiger partial charge in [0.2, 0.25) is 6.29 Å². The number of sulfone groups is 1. The summed E-state index contributed by atoms with van der Waals surface area (Å²) in [6, 6.07) is 5.75. The monoisotopic (exact) mass is 183 g/mol. The summed E-state index contributed by atoms with van der Waals surface area (Å²) in [7, 11) is -3.21. The number of hydrogen-bond donors (Lipinski definition) is 0. The second kappa shape index (κ2) is 3.06. The molecule has 0 spiro atoms. The van der Waals surface area contributed by atoms with Crippen molar-refractivity contribution in [3.8, 4) is 0 Å². The first-order chi connectivity index (χ1) is 5.54. The highest BCUT2D eigenvalue weighted by Gasteiger charge is 2.06. The van der Waals surface area contributed by atoms with Gasteiger partial charge in [0.25, 0.3) is 0 Å². The van der Waals surface area contributed by atoms with Crippen molar-refractivity contribution in [1.29, 1.82) is 0 Å². The van der Waals surface area contributed by atoms with Gasteiger partial charge in [0.1, 0.15) is 0 Å². The average molecular weight is 183 g/mol. The lowest BCUT2D eigenvalue weighted by atomic mass is 10.2. The third kappa shape index (κ3) is 1.92. The molecule has 1 radical (unpaired) electrons. The lowest BCUT2D eigenvalue weighted by Gasteiger charge is -1.96. The van der Waals surface area contributed by atoms with E-state index in [4.69, 9.17) is 0 Å². The molecule has 0 amide bonds. The van der Waals surface area contributed by atoms with Crippen molar-refractivity contribution in [2.75, 3.05) is 6.26 Å². The van der Waals surface area contributed by atoms with Gasteiger partial charge in [-0.1, -0.05) is 12.1 Å². The van der Waals surface area contributed by atoms with Gasteiger partial charge in [-0.3, -0.25) is 4.79 Å². The molecule has 0 fully saturated rings. The number of hydrogen-bond acceptors (Lipinski definition) is 3. The van der Waals surface area contributed by atoms with Crippen molar-refractivity contribution < 1.29 is 13.2 Å². The van der Waals surface area contributed by atoms with E-state index in [1.54, 1.807) is 6.29 Å². The second-order valence-electron chi connectivity index (χ2n) is 2.40. The van der Waals surface area contributed by atoms with Gasteiger partial charge in [-0.15, -0.1) is 0 Å². The fourth-order valence-electron chi connectivity index (χ4n) is 0.790. The molecule has 63 valence electrons. The van der Waals surface area contributed by atoms with Crippen molar-refractivity contribution in [3.05, 3.63) is 29.8 Å². The predicted octanol–water partition coefficient (Wildman–Crippen LogP) is 0.548. The maximum Gasteiger partial charge on any atom is 0.233 e. The van der Waals surface area contributed by atoms with E-state index in [1.807, 2.05) is 0 Å². The average Bonchev–Trinajstić information content (AvgIpc) is 2.03. The lowest BCUT2D eigenvalue weighted by molar-refractivity contribution is 0.562. The van der Waals surface area contributed by atoms with E-state index in [-0.39, 0.29) is 10.5 Å². The van der Waals surface area contributed by atoms with Crippen LogP contribution in [0.1, 0.15) is 5.56 Å².